The molecule has 0 bridgehead atoms. The summed E-state index contributed by atoms with van der Waals surface area (Å²) in [5, 5.41) is 2.69. The van der Waals surface area contributed by atoms with Gasteiger partial charge in [0.25, 0.3) is 0 Å². The number of hydrogen-bond donors (Lipinski definition) is 1. The van der Waals surface area contributed by atoms with Crippen LogP contribution >= 0.6 is 23.4 Å². The molecule has 0 heterocycles. The molecule has 1 N–H and O–H groups in total. The van der Waals surface area contributed by atoms with Gasteiger partial charge in [-0.25, -0.2) is 0 Å². The maximum atomic E-state index is 12.4. The molecule has 0 saturated heterocycles. The van der Waals surface area contributed by atoms with Gasteiger partial charge in [0.1, 0.15) is 5.75 Å². The van der Waals surface area contributed by atoms with Gasteiger partial charge in [-0.1, -0.05) is 35.9 Å². The molecule has 0 unspecified atom stereocenters. The van der Waals surface area contributed by atoms with E-state index in [0.29, 0.717) is 5.02 Å². The Bertz CT molecular complexity index is 685. The highest BCUT2D eigenvalue weighted by atomic mass is 35.5. The van der Waals surface area contributed by atoms with Gasteiger partial charge in [-0.05, 0) is 31.2 Å². The number of ether oxygens (including phenoxy) is 1. The molecule has 0 aliphatic carbocycles. The van der Waals surface area contributed by atoms with Gasteiger partial charge >= 0.3 is 6.61 Å². The SMILES string of the molecule is C[C@H](Sc1ccccc1Cl)C(=O)Nc1ccccc1OC(F)F. The molecule has 3 nitrogen and oxygen atoms in total. The Morgan fingerprint density at radius 1 is 1.17 bits per heavy atom. The number of para-hydroxylation sites is 2. The number of amides is 1. The van der Waals surface area contributed by atoms with Gasteiger partial charge in [0.2, 0.25) is 5.91 Å². The second kappa shape index (κ2) is 8.17. The quantitative estimate of drug-likeness (QED) is 0.734. The number of carbonyl (C=O) groups excluding carboxylic acids is 1. The van der Waals surface area contributed by atoms with Crippen molar-refractivity contribution in [2.75, 3.05) is 5.32 Å². The molecule has 0 radical (unpaired) electrons. The minimum Gasteiger partial charge on any atom is -0.433 e. The lowest BCUT2D eigenvalue weighted by Gasteiger charge is -2.15. The summed E-state index contributed by atoms with van der Waals surface area (Å²) in [6.45, 7) is -1.25. The van der Waals surface area contributed by atoms with Crippen LogP contribution in [0.3, 0.4) is 0 Å². The molecule has 0 spiro atoms. The van der Waals surface area contributed by atoms with Crippen molar-refractivity contribution in [3.8, 4) is 5.75 Å². The lowest BCUT2D eigenvalue weighted by atomic mass is 10.3. The highest BCUT2D eigenvalue weighted by molar-refractivity contribution is 8.00. The van der Waals surface area contributed by atoms with E-state index in [2.05, 4.69) is 10.1 Å². The van der Waals surface area contributed by atoms with Crippen molar-refractivity contribution in [1.29, 1.82) is 0 Å². The van der Waals surface area contributed by atoms with E-state index < -0.39 is 11.9 Å². The molecule has 122 valence electrons. The minimum atomic E-state index is -2.96. The predicted molar refractivity (Wildman–Crippen MR) is 88.5 cm³/mol. The number of anilines is 1. The van der Waals surface area contributed by atoms with E-state index in [4.69, 9.17) is 11.6 Å². The molecular formula is C16H14ClF2NO2S. The van der Waals surface area contributed by atoms with Crippen LogP contribution in [-0.4, -0.2) is 17.8 Å². The van der Waals surface area contributed by atoms with Gasteiger partial charge in [0, 0.05) is 4.90 Å². The standard InChI is InChI=1S/C16H14ClF2NO2S/c1-10(23-14-9-5-2-6-11(14)17)15(21)20-12-7-3-4-8-13(12)22-16(18)19/h2-10,16H,1H3,(H,20,21)/t10-/m0/s1. The zero-order valence-corrected chi connectivity index (χ0v) is 13.7. The molecule has 23 heavy (non-hydrogen) atoms. The monoisotopic (exact) mass is 357 g/mol. The first-order chi connectivity index (χ1) is 11.0. The Morgan fingerprint density at radius 2 is 1.83 bits per heavy atom. The molecule has 0 saturated carbocycles. The zero-order valence-electron chi connectivity index (χ0n) is 12.1. The first-order valence-corrected chi connectivity index (χ1v) is 7.99. The van der Waals surface area contributed by atoms with Crippen LogP contribution in [0.5, 0.6) is 5.75 Å². The van der Waals surface area contributed by atoms with Gasteiger partial charge < -0.3 is 10.1 Å². The first-order valence-electron chi connectivity index (χ1n) is 6.73. The molecule has 7 heteroatoms. The Morgan fingerprint density at radius 3 is 2.52 bits per heavy atom. The van der Waals surface area contributed by atoms with Crippen LogP contribution in [0.4, 0.5) is 14.5 Å². The van der Waals surface area contributed by atoms with Crippen molar-refractivity contribution >= 4 is 35.0 Å². The summed E-state index contributed by atoms with van der Waals surface area (Å²) in [7, 11) is 0. The summed E-state index contributed by atoms with van der Waals surface area (Å²) in [6.07, 6.45) is 0. The number of rotatable bonds is 6. The van der Waals surface area contributed by atoms with Crippen LogP contribution in [0.25, 0.3) is 0 Å². The molecule has 0 aromatic heterocycles. The maximum Gasteiger partial charge on any atom is 0.387 e. The van der Waals surface area contributed by atoms with Crippen LogP contribution in [0.2, 0.25) is 5.02 Å². The van der Waals surface area contributed by atoms with Crippen molar-refractivity contribution in [3.05, 3.63) is 53.6 Å². The van der Waals surface area contributed by atoms with Gasteiger partial charge in [-0.2, -0.15) is 8.78 Å². The van der Waals surface area contributed by atoms with Crippen LogP contribution in [0.15, 0.2) is 53.4 Å². The third kappa shape index (κ3) is 5.11. The fourth-order valence-corrected chi connectivity index (χ4v) is 2.94. The topological polar surface area (TPSA) is 38.3 Å². The Kier molecular flexibility index (Phi) is 6.24. The summed E-state index contributed by atoms with van der Waals surface area (Å²) >= 11 is 7.34. The summed E-state index contributed by atoms with van der Waals surface area (Å²) in [5.74, 6) is -0.411. The molecule has 0 aliphatic rings. The highest BCUT2D eigenvalue weighted by Crippen LogP contribution is 2.31. The van der Waals surface area contributed by atoms with E-state index in [1.165, 1.54) is 23.9 Å². The molecule has 1 amide bonds. The van der Waals surface area contributed by atoms with Crippen LogP contribution in [0, 0.1) is 0 Å². The number of halogens is 3. The van der Waals surface area contributed by atoms with E-state index in [1.54, 1.807) is 31.2 Å². The molecule has 1 atom stereocenters. The summed E-state index contributed by atoms with van der Waals surface area (Å²) in [6, 6.07) is 13.2. The Balaban J connectivity index is 2.05. The van der Waals surface area contributed by atoms with Gasteiger partial charge in [-0.15, -0.1) is 11.8 Å². The third-order valence-corrected chi connectivity index (χ3v) is 4.49. The molecular weight excluding hydrogens is 344 g/mol. The average Bonchev–Trinajstić information content (AvgIpc) is 2.51. The number of nitrogens with one attached hydrogen (secondary N) is 1. The van der Waals surface area contributed by atoms with Crippen molar-refractivity contribution in [3.63, 3.8) is 0 Å². The van der Waals surface area contributed by atoms with Crippen molar-refractivity contribution in [2.45, 2.75) is 23.7 Å². The smallest absolute Gasteiger partial charge is 0.387 e. The average molecular weight is 358 g/mol. The van der Waals surface area contributed by atoms with Gasteiger partial charge in [-0.3, -0.25) is 4.79 Å². The van der Waals surface area contributed by atoms with E-state index in [1.807, 2.05) is 12.1 Å². The molecule has 0 fully saturated rings. The first kappa shape index (κ1) is 17.6. The van der Waals surface area contributed by atoms with Gasteiger partial charge in [0.15, 0.2) is 0 Å². The molecule has 2 rings (SSSR count). The maximum absolute atomic E-state index is 12.4. The predicted octanol–water partition coefficient (Wildman–Crippen LogP) is 5.06. The van der Waals surface area contributed by atoms with E-state index in [-0.39, 0.29) is 17.3 Å². The van der Waals surface area contributed by atoms with Crippen molar-refractivity contribution in [2.24, 2.45) is 0 Å². The van der Waals surface area contributed by atoms with Crippen LogP contribution in [-0.2, 0) is 4.79 Å². The van der Waals surface area contributed by atoms with E-state index >= 15 is 0 Å². The number of alkyl halides is 2. The van der Waals surface area contributed by atoms with E-state index in [0.717, 1.165) is 4.90 Å². The molecule has 2 aromatic rings. The zero-order chi connectivity index (χ0) is 16.8. The van der Waals surface area contributed by atoms with Gasteiger partial charge in [0.05, 0.1) is 16.0 Å². The summed E-state index contributed by atoms with van der Waals surface area (Å²) < 4.78 is 29.1. The Labute approximate surface area is 142 Å². The molecule has 2 aromatic carbocycles. The summed E-state index contributed by atoms with van der Waals surface area (Å²) in [4.78, 5) is 13.0. The summed E-state index contributed by atoms with van der Waals surface area (Å²) in [5.41, 5.74) is 0.199. The largest absolute Gasteiger partial charge is 0.433 e. The number of thioether (sulfide) groups is 1. The number of benzene rings is 2. The fraction of sp³-hybridized carbons (Fsp3) is 0.188. The van der Waals surface area contributed by atoms with Crippen molar-refractivity contribution in [1.82, 2.24) is 0 Å². The normalized spacial score (nSPS) is 12.0. The Hall–Kier alpha value is -1.79. The minimum absolute atomic E-state index is 0.0780. The number of carbonyl (C=O) groups is 1. The second-order valence-electron chi connectivity index (χ2n) is 4.55. The van der Waals surface area contributed by atoms with Crippen molar-refractivity contribution < 1.29 is 18.3 Å². The second-order valence-corrected chi connectivity index (χ2v) is 6.34. The highest BCUT2D eigenvalue weighted by Gasteiger charge is 2.18. The van der Waals surface area contributed by atoms with Crippen LogP contribution in [0.1, 0.15) is 6.92 Å². The third-order valence-electron chi connectivity index (χ3n) is 2.87. The van der Waals surface area contributed by atoms with Crippen LogP contribution < -0.4 is 10.1 Å². The lowest BCUT2D eigenvalue weighted by molar-refractivity contribution is -0.115. The fourth-order valence-electron chi connectivity index (χ4n) is 1.79. The lowest BCUT2D eigenvalue weighted by Crippen LogP contribution is -2.23. The molecule has 0 aliphatic heterocycles. The number of hydrogen-bond acceptors (Lipinski definition) is 3. The van der Waals surface area contributed by atoms with E-state index in [9.17, 15) is 13.6 Å².